The Balaban J connectivity index is 1.68. The van der Waals surface area contributed by atoms with Gasteiger partial charge in [0.2, 0.25) is 0 Å². The number of halogens is 2. The van der Waals surface area contributed by atoms with Crippen LogP contribution in [0.4, 0.5) is 0 Å². The van der Waals surface area contributed by atoms with Gasteiger partial charge in [-0.25, -0.2) is 0 Å². The van der Waals surface area contributed by atoms with Crippen LogP contribution in [0.2, 0.25) is 10.0 Å². The maximum atomic E-state index is 6.42. The number of nitrogens with zero attached hydrogens (tertiary/aromatic N) is 1. The standard InChI is InChI=1S/C19H27Cl2N/c1-19(2,3)14-8-9-22-12-13(4-6-16(22)10-14)17-7-5-15(20)11-18(17)21/h5,7,11,13-14,16H,4,6,8-10,12H2,1-3H3/t13-,14-,16+/m1/s1. The highest BCUT2D eigenvalue weighted by molar-refractivity contribution is 6.35. The van der Waals surface area contributed by atoms with E-state index in [0.29, 0.717) is 11.3 Å². The van der Waals surface area contributed by atoms with Crippen molar-refractivity contribution in [1.29, 1.82) is 0 Å². The van der Waals surface area contributed by atoms with Gasteiger partial charge in [-0.3, -0.25) is 4.90 Å². The molecule has 0 unspecified atom stereocenters. The normalized spacial score (nSPS) is 30.1. The SMILES string of the molecule is CC(C)(C)[C@@H]1CCN2C[C@H](c3ccc(Cl)cc3Cl)CC[C@H]2C1. The average Bonchev–Trinajstić information content (AvgIpc) is 2.45. The molecule has 1 aromatic rings. The first kappa shape index (κ1) is 16.6. The Bertz CT molecular complexity index is 535. The van der Waals surface area contributed by atoms with Crippen LogP contribution in [0, 0.1) is 11.3 Å². The van der Waals surface area contributed by atoms with E-state index in [1.54, 1.807) is 0 Å². The van der Waals surface area contributed by atoms with E-state index in [0.717, 1.165) is 28.5 Å². The van der Waals surface area contributed by atoms with Gasteiger partial charge in [0.15, 0.2) is 0 Å². The molecule has 0 aromatic heterocycles. The molecule has 2 aliphatic rings. The molecule has 0 aliphatic carbocycles. The molecular formula is C19H27Cl2N. The highest BCUT2D eigenvalue weighted by Gasteiger charge is 2.38. The van der Waals surface area contributed by atoms with Crippen LogP contribution >= 0.6 is 23.2 Å². The monoisotopic (exact) mass is 339 g/mol. The van der Waals surface area contributed by atoms with Crippen molar-refractivity contribution in [3.63, 3.8) is 0 Å². The van der Waals surface area contributed by atoms with Crippen LogP contribution in [0.1, 0.15) is 57.9 Å². The lowest BCUT2D eigenvalue weighted by Gasteiger charge is -2.48. The van der Waals surface area contributed by atoms with Gasteiger partial charge in [0.25, 0.3) is 0 Å². The van der Waals surface area contributed by atoms with Gasteiger partial charge >= 0.3 is 0 Å². The third kappa shape index (κ3) is 3.47. The van der Waals surface area contributed by atoms with Crippen LogP contribution in [-0.4, -0.2) is 24.0 Å². The molecule has 2 fully saturated rings. The summed E-state index contributed by atoms with van der Waals surface area (Å²) in [5.41, 5.74) is 1.73. The van der Waals surface area contributed by atoms with Gasteiger partial charge in [-0.2, -0.15) is 0 Å². The number of rotatable bonds is 1. The van der Waals surface area contributed by atoms with E-state index in [1.165, 1.54) is 37.8 Å². The lowest BCUT2D eigenvalue weighted by Crippen LogP contribution is -2.49. The van der Waals surface area contributed by atoms with Crippen molar-refractivity contribution in [2.24, 2.45) is 11.3 Å². The number of piperidine rings is 2. The van der Waals surface area contributed by atoms with Crippen LogP contribution in [0.5, 0.6) is 0 Å². The van der Waals surface area contributed by atoms with E-state index in [9.17, 15) is 0 Å². The molecule has 1 nitrogen and oxygen atoms in total. The Morgan fingerprint density at radius 1 is 1.09 bits per heavy atom. The molecule has 122 valence electrons. The highest BCUT2D eigenvalue weighted by Crippen LogP contribution is 2.42. The lowest BCUT2D eigenvalue weighted by atomic mass is 9.71. The first-order valence-electron chi connectivity index (χ1n) is 8.53. The molecule has 0 spiro atoms. The van der Waals surface area contributed by atoms with E-state index in [4.69, 9.17) is 23.2 Å². The summed E-state index contributed by atoms with van der Waals surface area (Å²) in [5.74, 6) is 1.43. The molecule has 0 radical (unpaired) electrons. The minimum absolute atomic E-state index is 0.447. The second-order valence-corrected chi connectivity index (χ2v) is 9.02. The summed E-state index contributed by atoms with van der Waals surface area (Å²) in [7, 11) is 0. The molecule has 2 heterocycles. The van der Waals surface area contributed by atoms with Crippen molar-refractivity contribution in [3.05, 3.63) is 33.8 Å². The topological polar surface area (TPSA) is 3.24 Å². The Hall–Kier alpha value is -0.240. The van der Waals surface area contributed by atoms with Crippen LogP contribution in [0.15, 0.2) is 18.2 Å². The third-order valence-corrected chi connectivity index (χ3v) is 6.33. The summed E-state index contributed by atoms with van der Waals surface area (Å²) in [5, 5.41) is 1.56. The van der Waals surface area contributed by atoms with Gasteiger partial charge in [-0.05, 0) is 67.2 Å². The fourth-order valence-electron chi connectivity index (χ4n) is 4.28. The molecule has 2 saturated heterocycles. The maximum Gasteiger partial charge on any atom is 0.0456 e. The molecule has 1 aromatic carbocycles. The van der Waals surface area contributed by atoms with Gasteiger partial charge in [0.05, 0.1) is 0 Å². The van der Waals surface area contributed by atoms with Crippen molar-refractivity contribution in [2.45, 2.75) is 58.4 Å². The van der Waals surface area contributed by atoms with Gasteiger partial charge in [-0.1, -0.05) is 50.0 Å². The van der Waals surface area contributed by atoms with Crippen LogP contribution in [0.25, 0.3) is 0 Å². The van der Waals surface area contributed by atoms with Crippen molar-refractivity contribution < 1.29 is 0 Å². The zero-order valence-corrected chi connectivity index (χ0v) is 15.4. The zero-order chi connectivity index (χ0) is 15.9. The van der Waals surface area contributed by atoms with E-state index in [1.807, 2.05) is 12.1 Å². The summed E-state index contributed by atoms with van der Waals surface area (Å²) < 4.78 is 0. The molecule has 0 N–H and O–H groups in total. The largest absolute Gasteiger partial charge is 0.300 e. The Kier molecular flexibility index (Phi) is 4.79. The third-order valence-electron chi connectivity index (χ3n) is 5.77. The van der Waals surface area contributed by atoms with Crippen molar-refractivity contribution >= 4 is 23.2 Å². The number of fused-ring (bicyclic) bond motifs is 1. The van der Waals surface area contributed by atoms with Gasteiger partial charge < -0.3 is 0 Å². The summed E-state index contributed by atoms with van der Waals surface area (Å²) >= 11 is 12.4. The molecule has 0 bridgehead atoms. The molecule has 0 amide bonds. The summed E-state index contributed by atoms with van der Waals surface area (Å²) in [6.45, 7) is 9.59. The number of hydrogen-bond donors (Lipinski definition) is 0. The summed E-state index contributed by atoms with van der Waals surface area (Å²) in [6.07, 6.45) is 5.25. The van der Waals surface area contributed by atoms with Crippen LogP contribution < -0.4 is 0 Å². The quantitative estimate of drug-likeness (QED) is 0.606. The number of benzene rings is 1. The van der Waals surface area contributed by atoms with E-state index in [-0.39, 0.29) is 0 Å². The predicted molar refractivity (Wildman–Crippen MR) is 96.0 cm³/mol. The Labute approximate surface area is 145 Å². The first-order chi connectivity index (χ1) is 10.3. The van der Waals surface area contributed by atoms with Crippen molar-refractivity contribution in [1.82, 2.24) is 4.90 Å². The van der Waals surface area contributed by atoms with E-state index in [2.05, 4.69) is 31.7 Å². The second-order valence-electron chi connectivity index (χ2n) is 8.18. The molecule has 0 saturated carbocycles. The minimum Gasteiger partial charge on any atom is -0.300 e. The number of hydrogen-bond acceptors (Lipinski definition) is 1. The Morgan fingerprint density at radius 2 is 1.86 bits per heavy atom. The van der Waals surface area contributed by atoms with Gasteiger partial charge in [0, 0.05) is 22.6 Å². The fraction of sp³-hybridized carbons (Fsp3) is 0.684. The zero-order valence-electron chi connectivity index (χ0n) is 13.9. The maximum absolute atomic E-state index is 6.42. The molecule has 3 rings (SSSR count). The minimum atomic E-state index is 0.447. The molecule has 3 atom stereocenters. The molecule has 22 heavy (non-hydrogen) atoms. The summed E-state index contributed by atoms with van der Waals surface area (Å²) in [6, 6.07) is 6.76. The van der Waals surface area contributed by atoms with Crippen molar-refractivity contribution in [2.75, 3.05) is 13.1 Å². The highest BCUT2D eigenvalue weighted by atomic mass is 35.5. The first-order valence-corrected chi connectivity index (χ1v) is 9.29. The predicted octanol–water partition coefficient (Wildman–Crippen LogP) is 6.00. The van der Waals surface area contributed by atoms with Crippen LogP contribution in [0.3, 0.4) is 0 Å². The molecular weight excluding hydrogens is 313 g/mol. The molecule has 3 heteroatoms. The smallest absolute Gasteiger partial charge is 0.0456 e. The van der Waals surface area contributed by atoms with Crippen LogP contribution in [-0.2, 0) is 0 Å². The Morgan fingerprint density at radius 3 is 2.55 bits per heavy atom. The van der Waals surface area contributed by atoms with E-state index >= 15 is 0 Å². The second kappa shape index (κ2) is 6.34. The van der Waals surface area contributed by atoms with Gasteiger partial charge in [-0.15, -0.1) is 0 Å². The lowest BCUT2D eigenvalue weighted by molar-refractivity contribution is 0.0324. The van der Waals surface area contributed by atoms with Crippen molar-refractivity contribution in [3.8, 4) is 0 Å². The molecule has 2 aliphatic heterocycles. The fourth-order valence-corrected chi connectivity index (χ4v) is 4.84. The van der Waals surface area contributed by atoms with Gasteiger partial charge in [0.1, 0.15) is 0 Å². The average molecular weight is 340 g/mol. The van der Waals surface area contributed by atoms with E-state index < -0.39 is 0 Å². The summed E-state index contributed by atoms with van der Waals surface area (Å²) in [4.78, 5) is 2.71.